The van der Waals surface area contributed by atoms with Crippen molar-refractivity contribution in [1.82, 2.24) is 9.88 Å². The largest absolute Gasteiger partial charge is 0.354 e. The van der Waals surface area contributed by atoms with Crippen LogP contribution in [0.2, 0.25) is 0 Å². The fraction of sp³-hybridized carbons (Fsp3) is 0.778. The number of hydrogen-bond acceptors (Lipinski definition) is 1. The first-order valence-electron chi connectivity index (χ1n) is 8.72. The predicted octanol–water partition coefficient (Wildman–Crippen LogP) is 3.98. The van der Waals surface area contributed by atoms with Gasteiger partial charge in [0.15, 0.2) is 0 Å². The molecule has 2 heteroatoms. The molecule has 1 heterocycles. The molecule has 1 aromatic heterocycles. The number of fused-ring (bicyclic) bond motifs is 2. The molecule has 110 valence electrons. The van der Waals surface area contributed by atoms with E-state index < -0.39 is 0 Å². The lowest BCUT2D eigenvalue weighted by molar-refractivity contribution is 0.296. The first kappa shape index (κ1) is 12.9. The van der Waals surface area contributed by atoms with Crippen molar-refractivity contribution in [3.05, 3.63) is 24.0 Å². The molecule has 2 bridgehead atoms. The molecule has 0 saturated heterocycles. The van der Waals surface area contributed by atoms with Crippen molar-refractivity contribution in [2.24, 2.45) is 23.7 Å². The van der Waals surface area contributed by atoms with E-state index in [9.17, 15) is 0 Å². The van der Waals surface area contributed by atoms with Gasteiger partial charge in [-0.15, -0.1) is 0 Å². The topological polar surface area (TPSA) is 17.0 Å². The standard InChI is InChI=1S/C18H28N2/c1-2-19-18(14-5-6-14)16-7-8-20(11-16)12-17-10-13-3-4-15(17)9-13/h7-8,11,13-15,17-19H,2-6,9-10,12H2,1H3. The first-order chi connectivity index (χ1) is 9.83. The molecule has 1 N–H and O–H groups in total. The summed E-state index contributed by atoms with van der Waals surface area (Å²) in [5.41, 5.74) is 1.53. The van der Waals surface area contributed by atoms with Crippen LogP contribution >= 0.6 is 0 Å². The van der Waals surface area contributed by atoms with E-state index in [1.165, 1.54) is 50.6 Å². The molecule has 0 amide bonds. The average molecular weight is 272 g/mol. The van der Waals surface area contributed by atoms with Gasteiger partial charge < -0.3 is 9.88 Å². The highest BCUT2D eigenvalue weighted by molar-refractivity contribution is 5.18. The third-order valence-corrected chi connectivity index (χ3v) is 5.98. The van der Waals surface area contributed by atoms with Crippen molar-refractivity contribution in [3.63, 3.8) is 0 Å². The summed E-state index contributed by atoms with van der Waals surface area (Å²) >= 11 is 0. The molecule has 3 aliphatic rings. The van der Waals surface area contributed by atoms with Crippen LogP contribution in [0.15, 0.2) is 18.5 Å². The number of hydrogen-bond donors (Lipinski definition) is 1. The maximum absolute atomic E-state index is 3.68. The number of nitrogens with one attached hydrogen (secondary N) is 1. The van der Waals surface area contributed by atoms with Gasteiger partial charge in [-0.3, -0.25) is 0 Å². The van der Waals surface area contributed by atoms with Gasteiger partial charge in [-0.1, -0.05) is 13.3 Å². The Bertz CT molecular complexity index is 460. The van der Waals surface area contributed by atoms with Crippen LogP contribution < -0.4 is 5.32 Å². The van der Waals surface area contributed by atoms with E-state index in [2.05, 4.69) is 35.3 Å². The molecular weight excluding hydrogens is 244 g/mol. The Labute approximate surface area is 122 Å². The lowest BCUT2D eigenvalue weighted by atomic mass is 9.89. The summed E-state index contributed by atoms with van der Waals surface area (Å²) in [6, 6.07) is 2.97. The van der Waals surface area contributed by atoms with Gasteiger partial charge in [-0.2, -0.15) is 0 Å². The van der Waals surface area contributed by atoms with Gasteiger partial charge in [-0.25, -0.2) is 0 Å². The van der Waals surface area contributed by atoms with Crippen LogP contribution in [0.3, 0.4) is 0 Å². The van der Waals surface area contributed by atoms with Crippen molar-refractivity contribution in [2.75, 3.05) is 6.54 Å². The van der Waals surface area contributed by atoms with Crippen molar-refractivity contribution in [1.29, 1.82) is 0 Å². The smallest absolute Gasteiger partial charge is 0.0363 e. The van der Waals surface area contributed by atoms with Gasteiger partial charge in [0.2, 0.25) is 0 Å². The minimum Gasteiger partial charge on any atom is -0.354 e. The lowest BCUT2D eigenvalue weighted by Crippen LogP contribution is -2.22. The minimum absolute atomic E-state index is 0.612. The number of rotatable bonds is 6. The summed E-state index contributed by atoms with van der Waals surface area (Å²) in [4.78, 5) is 0. The highest BCUT2D eigenvalue weighted by atomic mass is 15.0. The summed E-state index contributed by atoms with van der Waals surface area (Å²) in [5.74, 6) is 3.97. The third-order valence-electron chi connectivity index (χ3n) is 5.98. The number of aromatic nitrogens is 1. The molecule has 3 fully saturated rings. The molecule has 1 aromatic rings. The van der Waals surface area contributed by atoms with Gasteiger partial charge >= 0.3 is 0 Å². The molecular formula is C18H28N2. The van der Waals surface area contributed by atoms with Crippen LogP contribution in [-0.4, -0.2) is 11.1 Å². The van der Waals surface area contributed by atoms with Crippen LogP contribution in [0.1, 0.15) is 57.1 Å². The molecule has 0 spiro atoms. The highest BCUT2D eigenvalue weighted by Gasteiger charge is 2.39. The van der Waals surface area contributed by atoms with Crippen LogP contribution in [0.5, 0.6) is 0 Å². The van der Waals surface area contributed by atoms with E-state index in [1.807, 2.05) is 0 Å². The van der Waals surface area contributed by atoms with E-state index in [4.69, 9.17) is 0 Å². The second-order valence-corrected chi connectivity index (χ2v) is 7.45. The van der Waals surface area contributed by atoms with Crippen LogP contribution in [0.4, 0.5) is 0 Å². The fourth-order valence-corrected chi connectivity index (χ4v) is 4.83. The van der Waals surface area contributed by atoms with E-state index in [1.54, 1.807) is 0 Å². The highest BCUT2D eigenvalue weighted by Crippen LogP contribution is 2.49. The summed E-state index contributed by atoms with van der Waals surface area (Å²) in [5, 5.41) is 3.68. The van der Waals surface area contributed by atoms with Crippen LogP contribution in [-0.2, 0) is 6.54 Å². The van der Waals surface area contributed by atoms with Gasteiger partial charge in [0, 0.05) is 25.0 Å². The SMILES string of the molecule is CCNC(c1ccn(CC2CC3CCC2C3)c1)C1CC1. The van der Waals surface area contributed by atoms with Crippen LogP contribution in [0, 0.1) is 23.7 Å². The molecule has 2 nitrogen and oxygen atoms in total. The maximum atomic E-state index is 3.68. The van der Waals surface area contributed by atoms with Crippen molar-refractivity contribution in [2.45, 2.75) is 58.0 Å². The Morgan fingerprint density at radius 2 is 2.15 bits per heavy atom. The quantitative estimate of drug-likeness (QED) is 0.828. The summed E-state index contributed by atoms with van der Waals surface area (Å²) < 4.78 is 2.48. The zero-order valence-electron chi connectivity index (χ0n) is 12.7. The summed E-state index contributed by atoms with van der Waals surface area (Å²) in [6.45, 7) is 4.57. The van der Waals surface area contributed by atoms with Crippen molar-refractivity contribution in [3.8, 4) is 0 Å². The zero-order valence-corrected chi connectivity index (χ0v) is 12.7. The van der Waals surface area contributed by atoms with Crippen LogP contribution in [0.25, 0.3) is 0 Å². The molecule has 0 aromatic carbocycles. The second kappa shape index (κ2) is 5.22. The Kier molecular flexibility index (Phi) is 3.37. The van der Waals surface area contributed by atoms with Gasteiger partial charge in [0.05, 0.1) is 0 Å². The fourth-order valence-electron chi connectivity index (χ4n) is 4.83. The molecule has 3 aliphatic carbocycles. The first-order valence-corrected chi connectivity index (χ1v) is 8.72. The normalized spacial score (nSPS) is 33.8. The minimum atomic E-state index is 0.612. The van der Waals surface area contributed by atoms with E-state index >= 15 is 0 Å². The van der Waals surface area contributed by atoms with E-state index in [0.29, 0.717) is 6.04 Å². The molecule has 0 radical (unpaired) electrons. The van der Waals surface area contributed by atoms with Crippen molar-refractivity contribution >= 4 is 0 Å². The molecule has 4 atom stereocenters. The lowest BCUT2D eigenvalue weighted by Gasteiger charge is -2.22. The molecule has 20 heavy (non-hydrogen) atoms. The Morgan fingerprint density at radius 3 is 2.80 bits per heavy atom. The van der Waals surface area contributed by atoms with Gasteiger partial charge in [0.1, 0.15) is 0 Å². The molecule has 4 rings (SSSR count). The maximum Gasteiger partial charge on any atom is 0.0363 e. The summed E-state index contributed by atoms with van der Waals surface area (Å²) in [7, 11) is 0. The van der Waals surface area contributed by atoms with Gasteiger partial charge in [-0.05, 0) is 74.0 Å². The average Bonchev–Trinajstić information content (AvgIpc) is 2.87. The Balaban J connectivity index is 1.42. The molecule has 0 aliphatic heterocycles. The Hall–Kier alpha value is -0.760. The number of nitrogens with zero attached hydrogens (tertiary/aromatic N) is 1. The van der Waals surface area contributed by atoms with Gasteiger partial charge in [0.25, 0.3) is 0 Å². The molecule has 3 saturated carbocycles. The zero-order chi connectivity index (χ0) is 13.5. The third kappa shape index (κ3) is 2.43. The van der Waals surface area contributed by atoms with E-state index in [0.717, 1.165) is 30.2 Å². The Morgan fingerprint density at radius 1 is 1.25 bits per heavy atom. The molecule has 4 unspecified atom stereocenters. The van der Waals surface area contributed by atoms with Crippen molar-refractivity contribution < 1.29 is 0 Å². The second-order valence-electron chi connectivity index (χ2n) is 7.45. The van der Waals surface area contributed by atoms with E-state index in [-0.39, 0.29) is 0 Å². The predicted molar refractivity (Wildman–Crippen MR) is 82.5 cm³/mol. The summed E-state index contributed by atoms with van der Waals surface area (Å²) in [6.07, 6.45) is 13.6. The monoisotopic (exact) mass is 272 g/mol.